The Kier molecular flexibility index (Phi) is 6.20. The SMILES string of the molecule is CCCCCCC1CC(NC)CCO1. The highest BCUT2D eigenvalue weighted by molar-refractivity contribution is 4.75. The maximum Gasteiger partial charge on any atom is 0.0590 e. The number of ether oxygens (including phenoxy) is 1. The standard InChI is InChI=1S/C12H25NO/c1-3-4-5-6-7-12-10-11(13-2)8-9-14-12/h11-13H,3-10H2,1-2H3. The molecule has 0 amide bonds. The van der Waals surface area contributed by atoms with Gasteiger partial charge in [0.25, 0.3) is 0 Å². The van der Waals surface area contributed by atoms with Gasteiger partial charge in [0.15, 0.2) is 0 Å². The summed E-state index contributed by atoms with van der Waals surface area (Å²) < 4.78 is 5.75. The summed E-state index contributed by atoms with van der Waals surface area (Å²) in [5.74, 6) is 0. The van der Waals surface area contributed by atoms with Crippen molar-refractivity contribution in [2.75, 3.05) is 13.7 Å². The molecule has 0 saturated carbocycles. The lowest BCUT2D eigenvalue weighted by Gasteiger charge is -2.29. The molecular formula is C12H25NO. The number of hydrogen-bond donors (Lipinski definition) is 1. The summed E-state index contributed by atoms with van der Waals surface area (Å²) >= 11 is 0. The van der Waals surface area contributed by atoms with Crippen LogP contribution in [0.15, 0.2) is 0 Å². The molecule has 0 aliphatic carbocycles. The molecule has 2 heteroatoms. The van der Waals surface area contributed by atoms with Crippen molar-refractivity contribution in [1.82, 2.24) is 5.32 Å². The predicted molar refractivity (Wildman–Crippen MR) is 60.6 cm³/mol. The van der Waals surface area contributed by atoms with E-state index in [-0.39, 0.29) is 0 Å². The van der Waals surface area contributed by atoms with Crippen LogP contribution in [-0.2, 0) is 4.74 Å². The van der Waals surface area contributed by atoms with Gasteiger partial charge in [-0.05, 0) is 26.3 Å². The van der Waals surface area contributed by atoms with Gasteiger partial charge in [-0.25, -0.2) is 0 Å². The lowest BCUT2D eigenvalue weighted by Crippen LogP contribution is -2.36. The van der Waals surface area contributed by atoms with Gasteiger partial charge in [0.2, 0.25) is 0 Å². The van der Waals surface area contributed by atoms with Crippen LogP contribution in [0.5, 0.6) is 0 Å². The first-order valence-electron chi connectivity index (χ1n) is 6.15. The highest BCUT2D eigenvalue weighted by atomic mass is 16.5. The first kappa shape index (κ1) is 12.0. The Hall–Kier alpha value is -0.0800. The second-order valence-electron chi connectivity index (χ2n) is 4.35. The molecule has 1 N–H and O–H groups in total. The van der Waals surface area contributed by atoms with Gasteiger partial charge in [0.05, 0.1) is 6.10 Å². The molecule has 1 aliphatic rings. The molecule has 2 unspecified atom stereocenters. The second kappa shape index (κ2) is 7.24. The zero-order chi connectivity index (χ0) is 10.2. The van der Waals surface area contributed by atoms with Crippen LogP contribution >= 0.6 is 0 Å². The summed E-state index contributed by atoms with van der Waals surface area (Å²) in [5, 5.41) is 3.36. The zero-order valence-corrected chi connectivity index (χ0v) is 9.72. The molecule has 0 aromatic rings. The van der Waals surface area contributed by atoms with E-state index in [0.717, 1.165) is 6.61 Å². The Morgan fingerprint density at radius 2 is 2.14 bits per heavy atom. The minimum atomic E-state index is 0.526. The Balaban J connectivity index is 2.05. The zero-order valence-electron chi connectivity index (χ0n) is 9.72. The van der Waals surface area contributed by atoms with Gasteiger partial charge in [-0.3, -0.25) is 0 Å². The molecule has 1 fully saturated rings. The van der Waals surface area contributed by atoms with Gasteiger partial charge in [-0.1, -0.05) is 32.6 Å². The molecule has 2 atom stereocenters. The van der Waals surface area contributed by atoms with Crippen LogP contribution < -0.4 is 5.32 Å². The molecule has 14 heavy (non-hydrogen) atoms. The van der Waals surface area contributed by atoms with Crippen molar-refractivity contribution in [2.45, 2.75) is 64.0 Å². The van der Waals surface area contributed by atoms with Gasteiger partial charge < -0.3 is 10.1 Å². The second-order valence-corrected chi connectivity index (χ2v) is 4.35. The fraction of sp³-hybridized carbons (Fsp3) is 1.00. The van der Waals surface area contributed by atoms with Gasteiger partial charge in [0.1, 0.15) is 0 Å². The quantitative estimate of drug-likeness (QED) is 0.664. The van der Waals surface area contributed by atoms with Crippen LogP contribution in [0.25, 0.3) is 0 Å². The highest BCUT2D eigenvalue weighted by Gasteiger charge is 2.20. The summed E-state index contributed by atoms with van der Waals surface area (Å²) in [4.78, 5) is 0. The van der Waals surface area contributed by atoms with E-state index in [1.54, 1.807) is 0 Å². The lowest BCUT2D eigenvalue weighted by atomic mass is 9.99. The van der Waals surface area contributed by atoms with Crippen molar-refractivity contribution < 1.29 is 4.74 Å². The van der Waals surface area contributed by atoms with Crippen LogP contribution in [-0.4, -0.2) is 25.8 Å². The third kappa shape index (κ3) is 4.43. The van der Waals surface area contributed by atoms with Crippen molar-refractivity contribution in [3.8, 4) is 0 Å². The average molecular weight is 199 g/mol. The molecule has 1 aliphatic heterocycles. The molecule has 1 rings (SSSR count). The number of rotatable bonds is 6. The fourth-order valence-electron chi connectivity index (χ4n) is 2.14. The van der Waals surface area contributed by atoms with Gasteiger partial charge in [-0.2, -0.15) is 0 Å². The first-order chi connectivity index (χ1) is 6.86. The van der Waals surface area contributed by atoms with Crippen LogP contribution in [0.4, 0.5) is 0 Å². The van der Waals surface area contributed by atoms with Crippen molar-refractivity contribution in [2.24, 2.45) is 0 Å². The first-order valence-corrected chi connectivity index (χ1v) is 6.15. The summed E-state index contributed by atoms with van der Waals surface area (Å²) in [6, 6.07) is 0.694. The molecular weight excluding hydrogens is 174 g/mol. The number of unbranched alkanes of at least 4 members (excludes halogenated alkanes) is 3. The predicted octanol–water partition coefficient (Wildman–Crippen LogP) is 2.72. The normalized spacial score (nSPS) is 27.9. The van der Waals surface area contributed by atoms with Gasteiger partial charge in [-0.15, -0.1) is 0 Å². The molecule has 0 aromatic carbocycles. The van der Waals surface area contributed by atoms with Crippen LogP contribution in [0.3, 0.4) is 0 Å². The molecule has 0 radical (unpaired) electrons. The Morgan fingerprint density at radius 3 is 2.86 bits per heavy atom. The van der Waals surface area contributed by atoms with Gasteiger partial charge in [0, 0.05) is 12.6 Å². The van der Waals surface area contributed by atoms with Gasteiger partial charge >= 0.3 is 0 Å². The molecule has 1 saturated heterocycles. The van der Waals surface area contributed by atoms with Crippen LogP contribution in [0.1, 0.15) is 51.9 Å². The average Bonchev–Trinajstić information content (AvgIpc) is 2.25. The molecule has 0 spiro atoms. The summed E-state index contributed by atoms with van der Waals surface area (Å²) in [6.07, 6.45) is 9.60. The Labute approximate surface area is 88.4 Å². The summed E-state index contributed by atoms with van der Waals surface area (Å²) in [6.45, 7) is 3.21. The lowest BCUT2D eigenvalue weighted by molar-refractivity contribution is -0.00292. The fourth-order valence-corrected chi connectivity index (χ4v) is 2.14. The number of hydrogen-bond acceptors (Lipinski definition) is 2. The Morgan fingerprint density at radius 1 is 1.29 bits per heavy atom. The maximum atomic E-state index is 5.75. The minimum Gasteiger partial charge on any atom is -0.378 e. The number of nitrogens with one attached hydrogen (secondary N) is 1. The van der Waals surface area contributed by atoms with E-state index in [2.05, 4.69) is 19.3 Å². The van der Waals surface area contributed by atoms with E-state index in [1.165, 1.54) is 44.9 Å². The topological polar surface area (TPSA) is 21.3 Å². The van der Waals surface area contributed by atoms with Crippen molar-refractivity contribution in [1.29, 1.82) is 0 Å². The largest absolute Gasteiger partial charge is 0.378 e. The van der Waals surface area contributed by atoms with E-state index in [1.807, 2.05) is 0 Å². The Bertz CT molecular complexity index is 138. The molecule has 0 bridgehead atoms. The van der Waals surface area contributed by atoms with Crippen molar-refractivity contribution in [3.05, 3.63) is 0 Å². The van der Waals surface area contributed by atoms with E-state index < -0.39 is 0 Å². The van der Waals surface area contributed by atoms with Crippen molar-refractivity contribution in [3.63, 3.8) is 0 Å². The van der Waals surface area contributed by atoms with E-state index >= 15 is 0 Å². The van der Waals surface area contributed by atoms with E-state index in [9.17, 15) is 0 Å². The maximum absolute atomic E-state index is 5.75. The monoisotopic (exact) mass is 199 g/mol. The summed E-state index contributed by atoms with van der Waals surface area (Å²) in [5.41, 5.74) is 0. The third-order valence-electron chi connectivity index (χ3n) is 3.16. The highest BCUT2D eigenvalue weighted by Crippen LogP contribution is 2.18. The summed E-state index contributed by atoms with van der Waals surface area (Å²) in [7, 11) is 2.06. The third-order valence-corrected chi connectivity index (χ3v) is 3.16. The van der Waals surface area contributed by atoms with Crippen LogP contribution in [0, 0.1) is 0 Å². The molecule has 1 heterocycles. The van der Waals surface area contributed by atoms with Crippen molar-refractivity contribution >= 4 is 0 Å². The molecule has 0 aromatic heterocycles. The van der Waals surface area contributed by atoms with E-state index in [0.29, 0.717) is 12.1 Å². The molecule has 2 nitrogen and oxygen atoms in total. The smallest absolute Gasteiger partial charge is 0.0590 e. The van der Waals surface area contributed by atoms with Crippen LogP contribution in [0.2, 0.25) is 0 Å². The van der Waals surface area contributed by atoms with E-state index in [4.69, 9.17) is 4.74 Å². The minimum absolute atomic E-state index is 0.526. The molecule has 84 valence electrons.